The molecule has 0 aliphatic carbocycles. The molecule has 4 aliphatic heterocycles. The van der Waals surface area contributed by atoms with Gasteiger partial charge in [0.15, 0.2) is 23.0 Å². The molecule has 4 aliphatic rings. The molecule has 0 saturated heterocycles. The Labute approximate surface area is 357 Å². The van der Waals surface area contributed by atoms with Gasteiger partial charge in [0.05, 0.1) is 69.1 Å². The molecule has 4 heterocycles. The zero-order chi connectivity index (χ0) is 43.1. The van der Waals surface area contributed by atoms with Crippen molar-refractivity contribution in [2.24, 2.45) is 20.8 Å². The van der Waals surface area contributed by atoms with Gasteiger partial charge >= 0.3 is 0 Å². The molecule has 3 atom stereocenters. The van der Waals surface area contributed by atoms with E-state index >= 15 is 0 Å². The molecule has 3 unspecified atom stereocenters. The van der Waals surface area contributed by atoms with E-state index in [1.54, 1.807) is 55.4 Å². The van der Waals surface area contributed by atoms with Crippen LogP contribution in [-0.4, -0.2) is 80.7 Å². The van der Waals surface area contributed by atoms with Crippen LogP contribution in [0.1, 0.15) is 85.2 Å². The summed E-state index contributed by atoms with van der Waals surface area (Å²) in [5.74, 6) is 2.47. The molecule has 0 fully saturated rings. The second kappa shape index (κ2) is 16.5. The van der Waals surface area contributed by atoms with Crippen LogP contribution in [0, 0.1) is 10.8 Å². The fraction of sp³-hybridized carbons (Fsp3) is 0.347. The van der Waals surface area contributed by atoms with Crippen molar-refractivity contribution in [2.45, 2.75) is 65.5 Å². The molecule has 0 saturated carbocycles. The summed E-state index contributed by atoms with van der Waals surface area (Å²) in [6.45, 7) is 9.47. The van der Waals surface area contributed by atoms with Crippen molar-refractivity contribution in [3.05, 3.63) is 107 Å². The SMILES string of the molecule is CCC(C)(COc1cc2c(cc1OC)C(=O)N1C=C(c3ccc(OC)cc3)CC1C=N2)CC(C)(C)COc1cc2c(cc1OC)C(=O)N1C=C(c3ccc(N)cc3)CC1C=N2. The molecule has 4 aromatic rings. The van der Waals surface area contributed by atoms with Crippen molar-refractivity contribution in [1.29, 1.82) is 0 Å². The Morgan fingerprint density at radius 3 is 1.59 bits per heavy atom. The van der Waals surface area contributed by atoms with Gasteiger partial charge in [0.2, 0.25) is 0 Å². The molecule has 0 spiro atoms. The summed E-state index contributed by atoms with van der Waals surface area (Å²) in [7, 11) is 4.80. The average Bonchev–Trinajstić information content (AvgIpc) is 3.85. The van der Waals surface area contributed by atoms with Crippen molar-refractivity contribution in [3.8, 4) is 28.7 Å². The Morgan fingerprint density at radius 1 is 0.656 bits per heavy atom. The van der Waals surface area contributed by atoms with Gasteiger partial charge in [0.1, 0.15) is 5.75 Å². The highest BCUT2D eigenvalue weighted by atomic mass is 16.5. The Balaban J connectivity index is 0.933. The summed E-state index contributed by atoms with van der Waals surface area (Å²) in [5.41, 5.74) is 12.2. The lowest BCUT2D eigenvalue weighted by Crippen LogP contribution is -2.34. The van der Waals surface area contributed by atoms with E-state index in [0.717, 1.165) is 40.9 Å². The van der Waals surface area contributed by atoms with Gasteiger partial charge in [-0.25, -0.2) is 0 Å². The molecular weight excluding hydrogens is 771 g/mol. The molecule has 12 heteroatoms. The quantitative estimate of drug-likeness (QED) is 0.124. The molecule has 2 N–H and O–H groups in total. The first-order valence-corrected chi connectivity index (χ1v) is 20.7. The van der Waals surface area contributed by atoms with Crippen LogP contribution in [-0.2, 0) is 0 Å². The van der Waals surface area contributed by atoms with Crippen molar-refractivity contribution in [2.75, 3.05) is 40.3 Å². The third kappa shape index (κ3) is 8.31. The van der Waals surface area contributed by atoms with E-state index in [2.05, 4.69) is 27.7 Å². The maximum absolute atomic E-state index is 13.9. The number of benzene rings is 4. The highest BCUT2D eigenvalue weighted by molar-refractivity contribution is 6.06. The number of anilines is 1. The minimum Gasteiger partial charge on any atom is -0.497 e. The average molecular weight is 824 g/mol. The van der Waals surface area contributed by atoms with Gasteiger partial charge in [0.25, 0.3) is 11.8 Å². The standard InChI is InChI=1S/C49H53N5O7/c1-8-49(4,29-61-45-22-41-39(20-43(45)59-7)47(56)54-26-33(18-36(54)24-52-41)31-11-15-37(57-5)16-12-31)27-48(2,3)28-60-44-21-40-38(19-42(44)58-6)46(55)53-25-32(17-35(53)23-51-40)30-9-13-34(50)14-10-30/h9-16,19-26,35-36H,8,17-18,27-29,50H2,1-7H3. The van der Waals surface area contributed by atoms with Crippen molar-refractivity contribution < 1.29 is 33.3 Å². The number of amides is 2. The summed E-state index contributed by atoms with van der Waals surface area (Å²) in [5, 5.41) is 0. The molecule has 0 radical (unpaired) electrons. The Hall–Kier alpha value is -6.56. The number of nitrogen functional groups attached to an aromatic ring is 1. The normalized spacial score (nSPS) is 18.8. The summed E-state index contributed by atoms with van der Waals surface area (Å²) >= 11 is 0. The van der Waals surface area contributed by atoms with Crippen LogP contribution in [0.4, 0.5) is 17.1 Å². The van der Waals surface area contributed by atoms with Gasteiger partial charge in [0, 0.05) is 60.9 Å². The highest BCUT2D eigenvalue weighted by Gasteiger charge is 2.37. The second-order valence-corrected chi connectivity index (χ2v) is 17.3. The fourth-order valence-electron chi connectivity index (χ4n) is 8.65. The van der Waals surface area contributed by atoms with Crippen LogP contribution < -0.4 is 29.4 Å². The number of carbonyl (C=O) groups is 2. The molecule has 12 nitrogen and oxygen atoms in total. The number of hydrogen-bond donors (Lipinski definition) is 1. The third-order valence-electron chi connectivity index (χ3n) is 12.1. The monoisotopic (exact) mass is 823 g/mol. The van der Waals surface area contributed by atoms with Crippen LogP contribution in [0.25, 0.3) is 11.1 Å². The maximum Gasteiger partial charge on any atom is 0.260 e. The first-order chi connectivity index (χ1) is 29.3. The minimum atomic E-state index is -0.296. The third-order valence-corrected chi connectivity index (χ3v) is 12.1. The minimum absolute atomic E-state index is 0.142. The largest absolute Gasteiger partial charge is 0.497 e. The first-order valence-electron chi connectivity index (χ1n) is 20.7. The van der Waals surface area contributed by atoms with Crippen molar-refractivity contribution in [3.63, 3.8) is 0 Å². The van der Waals surface area contributed by atoms with E-state index in [9.17, 15) is 9.59 Å². The highest BCUT2D eigenvalue weighted by Crippen LogP contribution is 2.44. The number of nitrogens with two attached hydrogens (primary N) is 1. The molecule has 0 aromatic heterocycles. The van der Waals surface area contributed by atoms with Crippen LogP contribution in [0.2, 0.25) is 0 Å². The number of rotatable bonds is 14. The molecular formula is C49H53N5O7. The lowest BCUT2D eigenvalue weighted by molar-refractivity contribution is 0.0650. The van der Waals surface area contributed by atoms with Crippen LogP contribution >= 0.6 is 0 Å². The van der Waals surface area contributed by atoms with Crippen molar-refractivity contribution in [1.82, 2.24) is 9.80 Å². The van der Waals surface area contributed by atoms with Gasteiger partial charge in [-0.15, -0.1) is 0 Å². The summed E-state index contributed by atoms with van der Waals surface area (Å²) in [6.07, 6.45) is 10.4. The maximum atomic E-state index is 13.9. The Morgan fingerprint density at radius 2 is 1.13 bits per heavy atom. The van der Waals surface area contributed by atoms with Gasteiger partial charge in [-0.05, 0) is 76.9 Å². The number of carbonyl (C=O) groups excluding carboxylic acids is 2. The number of ether oxygens (including phenoxy) is 5. The molecule has 4 aromatic carbocycles. The molecule has 61 heavy (non-hydrogen) atoms. The summed E-state index contributed by atoms with van der Waals surface area (Å²) < 4.78 is 29.9. The topological polar surface area (TPSA) is 138 Å². The van der Waals surface area contributed by atoms with E-state index in [1.165, 1.54) is 0 Å². The first kappa shape index (κ1) is 41.2. The molecule has 316 valence electrons. The van der Waals surface area contributed by atoms with Gasteiger partial charge in [-0.1, -0.05) is 52.0 Å². The summed E-state index contributed by atoms with van der Waals surface area (Å²) in [4.78, 5) is 40.9. The second-order valence-electron chi connectivity index (χ2n) is 17.3. The molecule has 0 bridgehead atoms. The lowest BCUT2D eigenvalue weighted by atomic mass is 9.73. The molecule has 2 amide bonds. The smallest absolute Gasteiger partial charge is 0.260 e. The van der Waals surface area contributed by atoms with Crippen LogP contribution in [0.3, 0.4) is 0 Å². The van der Waals surface area contributed by atoms with E-state index in [-0.39, 0.29) is 34.7 Å². The van der Waals surface area contributed by atoms with E-state index in [4.69, 9.17) is 39.4 Å². The zero-order valence-corrected chi connectivity index (χ0v) is 35.9. The van der Waals surface area contributed by atoms with E-state index in [0.29, 0.717) is 77.2 Å². The Kier molecular flexibility index (Phi) is 11.1. The number of aliphatic imine (C=N–C) groups is 2. The van der Waals surface area contributed by atoms with Gasteiger partial charge in [-0.2, -0.15) is 0 Å². The van der Waals surface area contributed by atoms with E-state index < -0.39 is 0 Å². The predicted octanol–water partition coefficient (Wildman–Crippen LogP) is 9.53. The van der Waals surface area contributed by atoms with Gasteiger partial charge in [-0.3, -0.25) is 19.6 Å². The number of fused-ring (bicyclic) bond motifs is 4. The van der Waals surface area contributed by atoms with Gasteiger partial charge < -0.3 is 39.2 Å². The van der Waals surface area contributed by atoms with Crippen LogP contribution in [0.15, 0.2) is 95.2 Å². The lowest BCUT2D eigenvalue weighted by Gasteiger charge is -2.37. The number of nitrogens with zero attached hydrogens (tertiary/aromatic N) is 4. The number of methoxy groups -OCH3 is 3. The Bertz CT molecular complexity index is 2470. The zero-order valence-electron chi connectivity index (χ0n) is 35.9. The van der Waals surface area contributed by atoms with Crippen LogP contribution in [0.5, 0.6) is 28.7 Å². The fourth-order valence-corrected chi connectivity index (χ4v) is 8.65. The van der Waals surface area contributed by atoms with Crippen molar-refractivity contribution >= 4 is 52.5 Å². The van der Waals surface area contributed by atoms with E-state index in [1.807, 2.05) is 73.4 Å². The predicted molar refractivity (Wildman–Crippen MR) is 239 cm³/mol. The molecule has 8 rings (SSSR count). The number of hydrogen-bond acceptors (Lipinski definition) is 10. The summed E-state index contributed by atoms with van der Waals surface area (Å²) in [6, 6.07) is 22.2.